The van der Waals surface area contributed by atoms with Gasteiger partial charge in [-0.25, -0.2) is 4.98 Å². The normalized spacial score (nSPS) is 16.3. The van der Waals surface area contributed by atoms with Crippen molar-refractivity contribution in [2.24, 2.45) is 0 Å². The summed E-state index contributed by atoms with van der Waals surface area (Å²) in [6.45, 7) is 1.92. The van der Waals surface area contributed by atoms with Gasteiger partial charge in [-0.3, -0.25) is 4.79 Å². The molecule has 0 spiro atoms. The lowest BCUT2D eigenvalue weighted by Crippen LogP contribution is -2.23. The van der Waals surface area contributed by atoms with E-state index in [1.165, 1.54) is 0 Å². The summed E-state index contributed by atoms with van der Waals surface area (Å²) in [7, 11) is 1.58. The van der Waals surface area contributed by atoms with Crippen molar-refractivity contribution in [3.63, 3.8) is 0 Å². The minimum absolute atomic E-state index is 0.223. The maximum Gasteiger partial charge on any atom is 0.259 e. The van der Waals surface area contributed by atoms with Gasteiger partial charge in [0.1, 0.15) is 5.82 Å². The summed E-state index contributed by atoms with van der Waals surface area (Å²) in [6.07, 6.45) is 3.65. The van der Waals surface area contributed by atoms with Gasteiger partial charge in [-0.05, 0) is 31.4 Å². The van der Waals surface area contributed by atoms with Gasteiger partial charge in [0, 0.05) is 12.1 Å². The average Bonchev–Trinajstić information content (AvgIpc) is 3.36. The van der Waals surface area contributed by atoms with Crippen molar-refractivity contribution in [2.75, 3.05) is 23.1 Å². The molecule has 1 saturated carbocycles. The number of pyridine rings is 2. The van der Waals surface area contributed by atoms with Gasteiger partial charge >= 0.3 is 0 Å². The molecule has 7 nitrogen and oxygen atoms in total. The number of ether oxygens (including phenoxy) is 1. The monoisotopic (exact) mass is 311 g/mol. The van der Waals surface area contributed by atoms with Crippen molar-refractivity contribution in [3.05, 3.63) is 29.5 Å². The fraction of sp³-hybridized carbons (Fsp3) is 0.312. The van der Waals surface area contributed by atoms with Gasteiger partial charge in [0.25, 0.3) is 5.91 Å². The standard InChI is InChI=1S/C16H17N5O2/c1-8-5-12(23-2)19-15-13(8)20-16(22)11-6-9(17)7-18-14(11)21(15)10-3-4-10/h5-7,10H,3-4,17H2,1-2H3,(H,20,22). The largest absolute Gasteiger partial charge is 0.481 e. The molecule has 3 N–H and O–H groups in total. The van der Waals surface area contributed by atoms with E-state index < -0.39 is 0 Å². The van der Waals surface area contributed by atoms with Crippen molar-refractivity contribution >= 4 is 28.9 Å². The lowest BCUT2D eigenvalue weighted by molar-refractivity contribution is 0.102. The van der Waals surface area contributed by atoms with Crippen LogP contribution in [0.15, 0.2) is 18.3 Å². The number of nitrogens with one attached hydrogen (secondary N) is 1. The van der Waals surface area contributed by atoms with Crippen LogP contribution >= 0.6 is 0 Å². The third-order valence-electron chi connectivity index (χ3n) is 4.12. The van der Waals surface area contributed by atoms with E-state index in [1.807, 2.05) is 17.9 Å². The molecule has 1 amide bonds. The fourth-order valence-corrected chi connectivity index (χ4v) is 2.85. The number of carbonyl (C=O) groups excluding carboxylic acids is 1. The number of nitrogens with zero attached hydrogens (tertiary/aromatic N) is 3. The Morgan fingerprint density at radius 2 is 2.13 bits per heavy atom. The Labute approximate surface area is 133 Å². The third kappa shape index (κ3) is 2.16. The van der Waals surface area contributed by atoms with E-state index in [0.29, 0.717) is 34.5 Å². The fourth-order valence-electron chi connectivity index (χ4n) is 2.85. The summed E-state index contributed by atoms with van der Waals surface area (Å²) < 4.78 is 5.29. The topological polar surface area (TPSA) is 93.4 Å². The van der Waals surface area contributed by atoms with E-state index in [1.54, 1.807) is 19.4 Å². The molecule has 7 heteroatoms. The van der Waals surface area contributed by atoms with Crippen LogP contribution in [0.25, 0.3) is 0 Å². The first-order valence-corrected chi connectivity index (χ1v) is 7.50. The van der Waals surface area contributed by atoms with Crippen molar-refractivity contribution in [1.29, 1.82) is 0 Å². The minimum atomic E-state index is -0.223. The van der Waals surface area contributed by atoms with Crippen molar-refractivity contribution in [2.45, 2.75) is 25.8 Å². The molecule has 2 aliphatic rings. The van der Waals surface area contributed by atoms with Crippen LogP contribution in [0.4, 0.5) is 23.0 Å². The predicted molar refractivity (Wildman–Crippen MR) is 87.3 cm³/mol. The molecular weight excluding hydrogens is 294 g/mol. The zero-order valence-electron chi connectivity index (χ0n) is 13.0. The molecule has 1 aliphatic heterocycles. The number of nitrogen functional groups attached to an aromatic ring is 1. The number of anilines is 4. The first-order valence-electron chi connectivity index (χ1n) is 7.50. The zero-order chi connectivity index (χ0) is 16.1. The van der Waals surface area contributed by atoms with Crippen LogP contribution in [0.2, 0.25) is 0 Å². The highest BCUT2D eigenvalue weighted by atomic mass is 16.5. The zero-order valence-corrected chi connectivity index (χ0v) is 13.0. The van der Waals surface area contributed by atoms with Crippen LogP contribution in [-0.2, 0) is 0 Å². The van der Waals surface area contributed by atoms with Crippen molar-refractivity contribution in [1.82, 2.24) is 9.97 Å². The smallest absolute Gasteiger partial charge is 0.259 e. The Kier molecular flexibility index (Phi) is 2.90. The van der Waals surface area contributed by atoms with E-state index in [4.69, 9.17) is 10.5 Å². The molecule has 3 heterocycles. The van der Waals surface area contributed by atoms with Crippen LogP contribution in [0.3, 0.4) is 0 Å². The highest BCUT2D eigenvalue weighted by molar-refractivity contribution is 6.12. The number of nitrogens with two attached hydrogens (primary N) is 1. The molecule has 23 heavy (non-hydrogen) atoms. The van der Waals surface area contributed by atoms with E-state index >= 15 is 0 Å². The first kappa shape index (κ1) is 13.8. The van der Waals surface area contributed by atoms with E-state index in [2.05, 4.69) is 15.3 Å². The van der Waals surface area contributed by atoms with Gasteiger partial charge in [0.15, 0.2) is 5.82 Å². The summed E-state index contributed by atoms with van der Waals surface area (Å²) in [4.78, 5) is 23.6. The van der Waals surface area contributed by atoms with Crippen molar-refractivity contribution < 1.29 is 9.53 Å². The number of hydrogen-bond donors (Lipinski definition) is 2. The maximum atomic E-state index is 12.6. The van der Waals surface area contributed by atoms with E-state index in [0.717, 1.165) is 18.4 Å². The summed E-state index contributed by atoms with van der Waals surface area (Å²) in [5.74, 6) is 1.56. The Bertz CT molecular complexity index is 816. The second-order valence-corrected chi connectivity index (χ2v) is 5.88. The van der Waals surface area contributed by atoms with E-state index in [-0.39, 0.29) is 11.9 Å². The molecule has 0 atom stereocenters. The maximum absolute atomic E-state index is 12.6. The number of fused-ring (bicyclic) bond motifs is 2. The summed E-state index contributed by atoms with van der Waals surface area (Å²) in [5.41, 5.74) is 8.33. The number of rotatable bonds is 2. The first-order chi connectivity index (χ1) is 11.1. The van der Waals surface area contributed by atoms with Crippen LogP contribution in [0.1, 0.15) is 28.8 Å². The highest BCUT2D eigenvalue weighted by Crippen LogP contribution is 2.45. The molecule has 2 aromatic rings. The summed E-state index contributed by atoms with van der Waals surface area (Å²) in [5, 5.41) is 2.94. The number of methoxy groups -OCH3 is 1. The minimum Gasteiger partial charge on any atom is -0.481 e. The van der Waals surface area contributed by atoms with Gasteiger partial charge in [0.05, 0.1) is 30.2 Å². The SMILES string of the molecule is COc1cc(C)c2c(n1)N(C1CC1)c1ncc(N)cc1C(=O)N2. The average molecular weight is 311 g/mol. The quantitative estimate of drug-likeness (QED) is 0.883. The predicted octanol–water partition coefficient (Wildman–Crippen LogP) is 2.24. The Morgan fingerprint density at radius 3 is 2.83 bits per heavy atom. The molecule has 0 radical (unpaired) electrons. The van der Waals surface area contributed by atoms with Crippen LogP contribution in [0.5, 0.6) is 5.88 Å². The molecular formula is C16H17N5O2. The number of aryl methyl sites for hydroxylation is 1. The van der Waals surface area contributed by atoms with Gasteiger partial charge in [-0.15, -0.1) is 0 Å². The molecule has 1 aliphatic carbocycles. The molecule has 0 aromatic carbocycles. The summed E-state index contributed by atoms with van der Waals surface area (Å²) >= 11 is 0. The van der Waals surface area contributed by atoms with Gasteiger partial charge in [-0.2, -0.15) is 4.98 Å². The number of aromatic nitrogens is 2. The highest BCUT2D eigenvalue weighted by Gasteiger charge is 2.38. The van der Waals surface area contributed by atoms with Gasteiger partial charge < -0.3 is 20.7 Å². The van der Waals surface area contributed by atoms with Gasteiger partial charge in [0.2, 0.25) is 5.88 Å². The van der Waals surface area contributed by atoms with Crippen LogP contribution in [0, 0.1) is 6.92 Å². The molecule has 2 aromatic heterocycles. The Morgan fingerprint density at radius 1 is 1.35 bits per heavy atom. The van der Waals surface area contributed by atoms with Crippen LogP contribution in [-0.4, -0.2) is 29.0 Å². The third-order valence-corrected chi connectivity index (χ3v) is 4.12. The molecule has 0 bridgehead atoms. The Balaban J connectivity index is 1.99. The lowest BCUT2D eigenvalue weighted by atomic mass is 10.2. The number of carbonyl (C=O) groups is 1. The molecule has 0 saturated heterocycles. The molecule has 4 rings (SSSR count). The van der Waals surface area contributed by atoms with E-state index in [9.17, 15) is 4.79 Å². The second kappa shape index (κ2) is 4.84. The molecule has 0 unspecified atom stereocenters. The van der Waals surface area contributed by atoms with Crippen LogP contribution < -0.4 is 20.7 Å². The number of hydrogen-bond acceptors (Lipinski definition) is 6. The number of amides is 1. The van der Waals surface area contributed by atoms with Crippen molar-refractivity contribution in [3.8, 4) is 5.88 Å². The Hall–Kier alpha value is -2.83. The second-order valence-electron chi connectivity index (χ2n) is 5.88. The molecule has 1 fully saturated rings. The lowest BCUT2D eigenvalue weighted by Gasteiger charge is -2.24. The van der Waals surface area contributed by atoms with Gasteiger partial charge in [-0.1, -0.05) is 0 Å². The summed E-state index contributed by atoms with van der Waals surface area (Å²) in [6, 6.07) is 3.75. The molecule has 118 valence electrons.